The Kier molecular flexibility index (Phi) is 68.3. The molecule has 0 spiro atoms. The highest BCUT2D eigenvalue weighted by molar-refractivity contribution is 5.76. The number of hydrogen-bond donors (Lipinski definition) is 9. The van der Waals surface area contributed by atoms with Gasteiger partial charge in [-0.1, -0.05) is 388 Å². The van der Waals surface area contributed by atoms with Crippen molar-refractivity contribution in [3.63, 3.8) is 0 Å². The first-order valence-electron chi connectivity index (χ1n) is 43.8. The zero-order chi connectivity index (χ0) is 75.1. The van der Waals surface area contributed by atoms with Gasteiger partial charge in [0.1, 0.15) is 48.8 Å². The molecule has 12 unspecified atom stereocenters. The average molecular weight is 1470 g/mol. The molecule has 0 aromatic rings. The molecule has 1 amide bonds. The maximum atomic E-state index is 13.4. The molecule has 2 heterocycles. The van der Waals surface area contributed by atoms with E-state index in [0.29, 0.717) is 12.8 Å². The first kappa shape index (κ1) is 97.2. The Morgan fingerprint density at radius 1 is 0.356 bits per heavy atom. The molecule has 0 radical (unpaired) electrons. The van der Waals surface area contributed by atoms with Crippen LogP contribution in [0.3, 0.4) is 0 Å². The normalized spacial score (nSPS) is 21.9. The molecule has 12 atom stereocenters. The Morgan fingerprint density at radius 2 is 0.673 bits per heavy atom. The molecule has 0 aromatic carbocycles. The van der Waals surface area contributed by atoms with Crippen LogP contribution in [0.1, 0.15) is 386 Å². The molecule has 2 saturated heterocycles. The molecule has 0 aliphatic carbocycles. The third kappa shape index (κ3) is 54.7. The third-order valence-electron chi connectivity index (χ3n) is 21.1. The summed E-state index contributed by atoms with van der Waals surface area (Å²) in [6.45, 7) is 2.73. The summed E-state index contributed by atoms with van der Waals surface area (Å²) < 4.78 is 22.9. The Bertz CT molecular complexity index is 2080. The third-order valence-corrected chi connectivity index (χ3v) is 21.1. The monoisotopic (exact) mass is 1470 g/mol. The topological polar surface area (TPSA) is 228 Å². The fourth-order valence-electron chi connectivity index (χ4n) is 14.2. The van der Waals surface area contributed by atoms with E-state index >= 15 is 0 Å². The van der Waals surface area contributed by atoms with E-state index in [9.17, 15) is 45.6 Å². The molecule has 9 N–H and O–H groups in total. The van der Waals surface area contributed by atoms with E-state index in [-0.39, 0.29) is 18.9 Å². The van der Waals surface area contributed by atoms with Crippen LogP contribution in [-0.2, 0) is 23.7 Å². The number of allylic oxidation sites excluding steroid dienone is 13. The van der Waals surface area contributed by atoms with E-state index in [0.717, 1.165) is 64.2 Å². The summed E-state index contributed by atoms with van der Waals surface area (Å²) in [7, 11) is 0. The highest BCUT2D eigenvalue weighted by Gasteiger charge is 2.51. The minimum atomic E-state index is -1.79. The van der Waals surface area contributed by atoms with Crippen molar-refractivity contribution in [3.05, 3.63) is 85.1 Å². The first-order valence-corrected chi connectivity index (χ1v) is 43.8. The number of carbonyl (C=O) groups excluding carboxylic acids is 1. The highest BCUT2D eigenvalue weighted by Crippen LogP contribution is 2.30. The zero-order valence-electron chi connectivity index (χ0n) is 66.8. The van der Waals surface area contributed by atoms with Gasteiger partial charge in [-0.15, -0.1) is 0 Å². The number of aliphatic hydroxyl groups is 8. The van der Waals surface area contributed by atoms with Crippen molar-refractivity contribution in [2.45, 2.75) is 460 Å². The molecular weight excluding hydrogens is 1300 g/mol. The number of amides is 1. The maximum Gasteiger partial charge on any atom is 0.220 e. The molecule has 2 rings (SSSR count). The Morgan fingerprint density at radius 3 is 1.06 bits per heavy atom. The second kappa shape index (κ2) is 73.0. The smallest absolute Gasteiger partial charge is 0.220 e. The van der Waals surface area contributed by atoms with Crippen molar-refractivity contribution in [1.82, 2.24) is 5.32 Å². The van der Waals surface area contributed by atoms with Crippen LogP contribution < -0.4 is 5.32 Å². The Labute approximate surface area is 637 Å². The van der Waals surface area contributed by atoms with Gasteiger partial charge < -0.3 is 65.1 Å². The average Bonchev–Trinajstić information content (AvgIpc) is 0.789. The number of hydrogen-bond acceptors (Lipinski definition) is 13. The summed E-state index contributed by atoms with van der Waals surface area (Å²) in [4.78, 5) is 13.4. The lowest BCUT2D eigenvalue weighted by atomic mass is 9.97. The van der Waals surface area contributed by atoms with E-state index in [2.05, 4.69) is 92.1 Å². The van der Waals surface area contributed by atoms with Crippen LogP contribution in [0.2, 0.25) is 0 Å². The van der Waals surface area contributed by atoms with E-state index in [1.165, 1.54) is 289 Å². The number of aliphatic hydroxyl groups excluding tert-OH is 8. The van der Waals surface area contributed by atoms with Gasteiger partial charge in [-0.05, 0) is 77.0 Å². The van der Waals surface area contributed by atoms with Gasteiger partial charge in [0.25, 0.3) is 0 Å². The largest absolute Gasteiger partial charge is 0.394 e. The van der Waals surface area contributed by atoms with Crippen LogP contribution in [0.15, 0.2) is 85.1 Å². The molecule has 2 aliphatic heterocycles. The highest BCUT2D eigenvalue weighted by atomic mass is 16.7. The number of carbonyl (C=O) groups is 1. The van der Waals surface area contributed by atoms with Crippen molar-refractivity contribution in [3.8, 4) is 0 Å². The van der Waals surface area contributed by atoms with Crippen LogP contribution in [-0.4, -0.2) is 140 Å². The Hall–Kier alpha value is -2.83. The summed E-state index contributed by atoms with van der Waals surface area (Å²) in [5, 5.41) is 87.8. The standard InChI is InChI=1S/C90H163NO13/c1-3-5-7-9-11-13-15-17-19-21-23-25-27-29-31-33-34-35-36-37-38-39-40-41-42-43-44-46-48-50-52-54-56-58-60-62-64-66-68-70-72-74-82(95)91-78(77-101-89-87(100)85(98)88(81(76-93)103-89)104-90-86(99)84(97)83(96)80(75-92)102-90)79(94)73-71-69-67-65-63-61-59-57-55-53-51-49-47-45-32-30-28-26-24-22-20-18-16-14-12-10-8-6-4-2/h5,7,11,13,17,19,23,25,29,31,63,65,71,73,78-81,83-90,92-94,96-100H,3-4,6,8-10,12,14-16,18,20-22,24,26-28,30,32-62,64,66-70,72,74-77H2,1-2H3,(H,91,95)/b7-5-,13-11-,19-17-,25-23-,31-29-,65-63+,73-71+. The number of rotatable bonds is 74. The second-order valence-corrected chi connectivity index (χ2v) is 30.6. The summed E-state index contributed by atoms with van der Waals surface area (Å²) >= 11 is 0. The molecule has 606 valence electrons. The Balaban J connectivity index is 1.57. The van der Waals surface area contributed by atoms with E-state index in [1.54, 1.807) is 6.08 Å². The van der Waals surface area contributed by atoms with Crippen LogP contribution >= 0.6 is 0 Å². The van der Waals surface area contributed by atoms with Crippen LogP contribution in [0.25, 0.3) is 0 Å². The molecule has 2 aliphatic rings. The molecule has 0 saturated carbocycles. The summed E-state index contributed by atoms with van der Waals surface area (Å²) in [5.74, 6) is -0.242. The molecule has 0 aromatic heterocycles. The molecular formula is C90H163NO13. The predicted octanol–water partition coefficient (Wildman–Crippen LogP) is 21.0. The van der Waals surface area contributed by atoms with Gasteiger partial charge in [0, 0.05) is 6.42 Å². The van der Waals surface area contributed by atoms with Crippen molar-refractivity contribution in [2.24, 2.45) is 0 Å². The first-order chi connectivity index (χ1) is 51.1. The second-order valence-electron chi connectivity index (χ2n) is 30.6. The van der Waals surface area contributed by atoms with Crippen LogP contribution in [0, 0.1) is 0 Å². The molecule has 2 fully saturated rings. The van der Waals surface area contributed by atoms with Crippen molar-refractivity contribution < 1.29 is 64.6 Å². The fourth-order valence-corrected chi connectivity index (χ4v) is 14.2. The van der Waals surface area contributed by atoms with Gasteiger partial charge in [-0.25, -0.2) is 0 Å². The SMILES string of the molecule is CC/C=C\C/C=C\C/C=C\C/C=C\C/C=C\CCCCCCCCCCCCCCCCCCCCCCCCCCCC(=O)NC(COC1OC(CO)C(OC2OC(CO)C(O)C(O)C2O)C(O)C1O)C(O)/C=C/CC/C=C/CCCCCCCCCCCCCCCCCCCCCCCCC. The lowest BCUT2D eigenvalue weighted by Crippen LogP contribution is -2.65. The number of ether oxygens (including phenoxy) is 4. The quantitative estimate of drug-likeness (QED) is 0.0204. The molecule has 14 nitrogen and oxygen atoms in total. The summed E-state index contributed by atoms with van der Waals surface area (Å²) in [5.41, 5.74) is 0. The summed E-state index contributed by atoms with van der Waals surface area (Å²) in [6.07, 6.45) is 87.0. The zero-order valence-corrected chi connectivity index (χ0v) is 66.8. The lowest BCUT2D eigenvalue weighted by molar-refractivity contribution is -0.359. The number of nitrogens with one attached hydrogen (secondary N) is 1. The van der Waals surface area contributed by atoms with Gasteiger partial charge >= 0.3 is 0 Å². The fraction of sp³-hybridized carbons (Fsp3) is 0.833. The van der Waals surface area contributed by atoms with E-state index in [4.69, 9.17) is 18.9 Å². The van der Waals surface area contributed by atoms with Gasteiger partial charge in [0.15, 0.2) is 12.6 Å². The van der Waals surface area contributed by atoms with Crippen LogP contribution in [0.5, 0.6) is 0 Å². The molecule has 104 heavy (non-hydrogen) atoms. The lowest BCUT2D eigenvalue weighted by Gasteiger charge is -2.46. The van der Waals surface area contributed by atoms with Crippen LogP contribution in [0.4, 0.5) is 0 Å². The van der Waals surface area contributed by atoms with Crippen molar-refractivity contribution in [1.29, 1.82) is 0 Å². The van der Waals surface area contributed by atoms with Gasteiger partial charge in [0.2, 0.25) is 5.91 Å². The maximum absolute atomic E-state index is 13.4. The number of unbranched alkanes of at least 4 members (excludes halogenated alkanes) is 49. The molecule has 14 heteroatoms. The summed E-state index contributed by atoms with van der Waals surface area (Å²) in [6, 6.07) is -0.935. The van der Waals surface area contributed by atoms with Crippen molar-refractivity contribution in [2.75, 3.05) is 19.8 Å². The predicted molar refractivity (Wildman–Crippen MR) is 433 cm³/mol. The van der Waals surface area contributed by atoms with Crippen molar-refractivity contribution >= 4 is 5.91 Å². The van der Waals surface area contributed by atoms with E-state index < -0.39 is 86.8 Å². The van der Waals surface area contributed by atoms with E-state index in [1.807, 2.05) is 6.08 Å². The minimum Gasteiger partial charge on any atom is -0.394 e. The minimum absolute atomic E-state index is 0.242. The van der Waals surface area contributed by atoms with Gasteiger partial charge in [-0.2, -0.15) is 0 Å². The van der Waals surface area contributed by atoms with Gasteiger partial charge in [0.05, 0.1) is 32.0 Å². The molecule has 0 bridgehead atoms. The van der Waals surface area contributed by atoms with Gasteiger partial charge in [-0.3, -0.25) is 4.79 Å².